The molecule has 0 bridgehead atoms. The first-order valence-electron chi connectivity index (χ1n) is 34.2. The maximum atomic E-state index is 12.9. The van der Waals surface area contributed by atoms with Crippen LogP contribution in [0.4, 0.5) is 0 Å². The first-order valence-corrected chi connectivity index (χ1v) is 34.2. The fourth-order valence-electron chi connectivity index (χ4n) is 10.6. The van der Waals surface area contributed by atoms with Crippen molar-refractivity contribution in [2.45, 2.75) is 399 Å². The Balaban J connectivity index is 4.30. The first-order chi connectivity index (χ1) is 37.0. The fraction of sp³-hybridized carbons (Fsp3) is 0.928. The van der Waals surface area contributed by atoms with Gasteiger partial charge in [0.2, 0.25) is 0 Å². The van der Waals surface area contributed by atoms with Gasteiger partial charge in [0, 0.05) is 19.3 Å². The van der Waals surface area contributed by atoms with Gasteiger partial charge in [-0.1, -0.05) is 341 Å². The lowest BCUT2D eigenvalue weighted by molar-refractivity contribution is -0.167. The summed E-state index contributed by atoms with van der Waals surface area (Å²) in [6, 6.07) is 0. The molecule has 0 saturated carbocycles. The van der Waals surface area contributed by atoms with Gasteiger partial charge in [-0.2, -0.15) is 0 Å². The third-order valence-electron chi connectivity index (χ3n) is 15.8. The second kappa shape index (κ2) is 64.7. The summed E-state index contributed by atoms with van der Waals surface area (Å²) in [5, 5.41) is 0. The van der Waals surface area contributed by atoms with E-state index in [0.717, 1.165) is 57.8 Å². The van der Waals surface area contributed by atoms with E-state index in [1.807, 2.05) is 0 Å². The minimum Gasteiger partial charge on any atom is -0.462 e. The number of allylic oxidation sites excluding steroid dienone is 2. The molecule has 0 aromatic rings. The monoisotopic (exact) mass is 1060 g/mol. The van der Waals surface area contributed by atoms with Gasteiger partial charge in [-0.3, -0.25) is 14.4 Å². The lowest BCUT2D eigenvalue weighted by Gasteiger charge is -2.18. The Bertz CT molecular complexity index is 1170. The molecule has 6 nitrogen and oxygen atoms in total. The van der Waals surface area contributed by atoms with Crippen molar-refractivity contribution in [3.63, 3.8) is 0 Å². The third-order valence-corrected chi connectivity index (χ3v) is 15.8. The van der Waals surface area contributed by atoms with Crippen LogP contribution in [0.15, 0.2) is 12.2 Å². The molecule has 75 heavy (non-hydrogen) atoms. The molecule has 0 aliphatic carbocycles. The quantitative estimate of drug-likeness (QED) is 0.0261. The molecule has 0 fully saturated rings. The molecule has 0 aromatic heterocycles. The molecule has 0 aliphatic rings. The molecular formula is C69H132O6. The SMILES string of the molecule is CCCCCCCCCC/C=C\CCCCCCCCCC(=O)OC[C@@H](COC(=O)CCCCCCCCCCCCCCCCCCCCC)OC(=O)CCCCCCCCCCCCCCCCCCCCC. The van der Waals surface area contributed by atoms with E-state index in [-0.39, 0.29) is 31.1 Å². The summed E-state index contributed by atoms with van der Waals surface area (Å²) in [5.41, 5.74) is 0. The van der Waals surface area contributed by atoms with E-state index in [1.165, 1.54) is 295 Å². The van der Waals surface area contributed by atoms with Crippen LogP contribution >= 0.6 is 0 Å². The Morgan fingerprint density at radius 2 is 0.440 bits per heavy atom. The minimum absolute atomic E-state index is 0.0643. The number of rotatable bonds is 64. The highest BCUT2D eigenvalue weighted by Crippen LogP contribution is 2.19. The molecule has 0 N–H and O–H groups in total. The van der Waals surface area contributed by atoms with Crippen LogP contribution in [0.1, 0.15) is 393 Å². The molecule has 444 valence electrons. The number of esters is 3. The maximum Gasteiger partial charge on any atom is 0.306 e. The normalized spacial score (nSPS) is 12.0. The van der Waals surface area contributed by atoms with Gasteiger partial charge < -0.3 is 14.2 Å². The van der Waals surface area contributed by atoms with Crippen molar-refractivity contribution < 1.29 is 28.6 Å². The molecule has 0 unspecified atom stereocenters. The predicted molar refractivity (Wildman–Crippen MR) is 326 cm³/mol. The van der Waals surface area contributed by atoms with Crippen molar-refractivity contribution in [3.05, 3.63) is 12.2 Å². The van der Waals surface area contributed by atoms with Crippen LogP contribution in [0.2, 0.25) is 0 Å². The smallest absolute Gasteiger partial charge is 0.306 e. The zero-order chi connectivity index (χ0) is 54.3. The van der Waals surface area contributed by atoms with Gasteiger partial charge in [-0.25, -0.2) is 0 Å². The molecule has 0 heterocycles. The maximum absolute atomic E-state index is 12.9. The average molecular weight is 1060 g/mol. The summed E-state index contributed by atoms with van der Waals surface area (Å²) in [6.07, 6.45) is 76.5. The van der Waals surface area contributed by atoms with Gasteiger partial charge in [0.25, 0.3) is 0 Å². The molecule has 6 heteroatoms. The van der Waals surface area contributed by atoms with Crippen LogP contribution in [0.5, 0.6) is 0 Å². The van der Waals surface area contributed by atoms with Gasteiger partial charge >= 0.3 is 17.9 Å². The van der Waals surface area contributed by atoms with Gasteiger partial charge in [-0.15, -0.1) is 0 Å². The van der Waals surface area contributed by atoms with E-state index in [1.54, 1.807) is 0 Å². The second-order valence-corrected chi connectivity index (χ2v) is 23.5. The molecule has 0 radical (unpaired) electrons. The highest BCUT2D eigenvalue weighted by atomic mass is 16.6. The van der Waals surface area contributed by atoms with Crippen LogP contribution in [0.25, 0.3) is 0 Å². The molecule has 0 saturated heterocycles. The van der Waals surface area contributed by atoms with Gasteiger partial charge in [-0.05, 0) is 44.9 Å². The number of ether oxygens (including phenoxy) is 3. The predicted octanol–water partition coefficient (Wildman–Crippen LogP) is 23.2. The first kappa shape index (κ1) is 73.2. The van der Waals surface area contributed by atoms with Crippen LogP contribution < -0.4 is 0 Å². The van der Waals surface area contributed by atoms with Crippen molar-refractivity contribution in [3.8, 4) is 0 Å². The van der Waals surface area contributed by atoms with Crippen molar-refractivity contribution in [1.29, 1.82) is 0 Å². The molecule has 0 aliphatic heterocycles. The molecule has 0 amide bonds. The Kier molecular flexibility index (Phi) is 63.1. The van der Waals surface area contributed by atoms with E-state index in [2.05, 4.69) is 32.9 Å². The summed E-state index contributed by atoms with van der Waals surface area (Å²) in [7, 11) is 0. The Labute approximate surface area is 469 Å². The van der Waals surface area contributed by atoms with Crippen molar-refractivity contribution in [2.75, 3.05) is 13.2 Å². The number of unbranched alkanes of at least 4 members (excludes halogenated alkanes) is 51. The van der Waals surface area contributed by atoms with Crippen LogP contribution in [-0.4, -0.2) is 37.2 Å². The molecular weight excluding hydrogens is 925 g/mol. The third kappa shape index (κ3) is 62.9. The largest absolute Gasteiger partial charge is 0.462 e. The molecule has 0 spiro atoms. The van der Waals surface area contributed by atoms with Crippen molar-refractivity contribution in [2.24, 2.45) is 0 Å². The average Bonchev–Trinajstić information content (AvgIpc) is 3.41. The van der Waals surface area contributed by atoms with Crippen molar-refractivity contribution >= 4 is 17.9 Å². The highest BCUT2D eigenvalue weighted by molar-refractivity contribution is 5.71. The van der Waals surface area contributed by atoms with E-state index >= 15 is 0 Å². The Morgan fingerprint density at radius 1 is 0.253 bits per heavy atom. The van der Waals surface area contributed by atoms with Gasteiger partial charge in [0.1, 0.15) is 13.2 Å². The summed E-state index contributed by atoms with van der Waals surface area (Å²) in [4.78, 5) is 38.4. The van der Waals surface area contributed by atoms with Gasteiger partial charge in [0.05, 0.1) is 0 Å². The number of carbonyl (C=O) groups is 3. The Hall–Kier alpha value is -1.85. The van der Waals surface area contributed by atoms with Crippen LogP contribution in [0, 0.1) is 0 Å². The summed E-state index contributed by atoms with van der Waals surface area (Å²) >= 11 is 0. The summed E-state index contributed by atoms with van der Waals surface area (Å²) in [5.74, 6) is -0.833. The second-order valence-electron chi connectivity index (χ2n) is 23.5. The standard InChI is InChI=1S/C69H132O6/c1-4-7-10-13-16-19-22-25-28-31-34-37-40-43-46-49-52-55-58-61-67(70)73-64-66(75-69(72)63-60-57-54-51-48-45-42-39-36-33-30-27-24-21-18-15-12-9-6-3)65-74-68(71)62-59-56-53-50-47-44-41-38-35-32-29-26-23-20-17-14-11-8-5-2/h31,34,66H,4-30,32-33,35-65H2,1-3H3/b34-31-/t66-/m0/s1. The number of hydrogen-bond acceptors (Lipinski definition) is 6. The molecule has 0 aromatic carbocycles. The van der Waals surface area contributed by atoms with E-state index in [4.69, 9.17) is 14.2 Å². The number of carbonyl (C=O) groups excluding carboxylic acids is 3. The summed E-state index contributed by atoms with van der Waals surface area (Å²) in [6.45, 7) is 6.73. The lowest BCUT2D eigenvalue weighted by Crippen LogP contribution is -2.30. The molecule has 0 rings (SSSR count). The topological polar surface area (TPSA) is 78.9 Å². The zero-order valence-electron chi connectivity index (χ0n) is 51.1. The lowest BCUT2D eigenvalue weighted by atomic mass is 10.0. The van der Waals surface area contributed by atoms with Crippen LogP contribution in [0.3, 0.4) is 0 Å². The van der Waals surface area contributed by atoms with E-state index in [9.17, 15) is 14.4 Å². The van der Waals surface area contributed by atoms with Gasteiger partial charge in [0.15, 0.2) is 6.10 Å². The van der Waals surface area contributed by atoms with Crippen molar-refractivity contribution in [1.82, 2.24) is 0 Å². The highest BCUT2D eigenvalue weighted by Gasteiger charge is 2.19. The van der Waals surface area contributed by atoms with E-state index in [0.29, 0.717) is 19.3 Å². The minimum atomic E-state index is -0.768. The fourth-order valence-corrected chi connectivity index (χ4v) is 10.6. The van der Waals surface area contributed by atoms with E-state index < -0.39 is 6.10 Å². The number of hydrogen-bond donors (Lipinski definition) is 0. The summed E-state index contributed by atoms with van der Waals surface area (Å²) < 4.78 is 17.0. The molecule has 1 atom stereocenters. The zero-order valence-corrected chi connectivity index (χ0v) is 51.1. The Morgan fingerprint density at radius 3 is 0.667 bits per heavy atom. The van der Waals surface area contributed by atoms with Crippen LogP contribution in [-0.2, 0) is 28.6 Å².